The maximum Gasteiger partial charge on any atom is 0.213 e. The molecule has 0 atom stereocenters. The molecule has 0 bridgehead atoms. The van der Waals surface area contributed by atoms with E-state index in [1.165, 1.54) is 0 Å². The van der Waals surface area contributed by atoms with E-state index in [1.54, 1.807) is 14.2 Å². The number of ether oxygens (including phenoxy) is 3. The summed E-state index contributed by atoms with van der Waals surface area (Å²) in [6.07, 6.45) is 0. The predicted octanol–water partition coefficient (Wildman–Crippen LogP) is 2.40. The van der Waals surface area contributed by atoms with Crippen molar-refractivity contribution >= 4 is 0 Å². The predicted molar refractivity (Wildman–Crippen MR) is 80.9 cm³/mol. The second kappa shape index (κ2) is 7.50. The van der Waals surface area contributed by atoms with Gasteiger partial charge in [-0.2, -0.15) is 0 Å². The van der Waals surface area contributed by atoms with Crippen LogP contribution in [0.25, 0.3) is 0 Å². The molecule has 1 aromatic heterocycles. The molecule has 0 fully saturated rings. The summed E-state index contributed by atoms with van der Waals surface area (Å²) in [6, 6.07) is 11.4. The first-order valence-corrected chi connectivity index (χ1v) is 6.71. The molecule has 2 aromatic rings. The van der Waals surface area contributed by atoms with Crippen molar-refractivity contribution in [3.8, 4) is 17.4 Å². The summed E-state index contributed by atoms with van der Waals surface area (Å²) < 4.78 is 16.2. The van der Waals surface area contributed by atoms with Crippen molar-refractivity contribution in [1.29, 1.82) is 0 Å². The van der Waals surface area contributed by atoms with E-state index in [0.29, 0.717) is 12.5 Å². The number of benzene rings is 1. The molecule has 5 nitrogen and oxygen atoms in total. The molecule has 0 aliphatic rings. The summed E-state index contributed by atoms with van der Waals surface area (Å²) in [7, 11) is 5.14. The number of aromatic nitrogens is 1. The lowest BCUT2D eigenvalue weighted by Gasteiger charge is -2.13. The van der Waals surface area contributed by atoms with Gasteiger partial charge in [0, 0.05) is 24.2 Å². The molecule has 112 valence electrons. The fourth-order valence-electron chi connectivity index (χ4n) is 1.94. The Kier molecular flexibility index (Phi) is 5.40. The van der Waals surface area contributed by atoms with Crippen LogP contribution in [0.15, 0.2) is 36.4 Å². The van der Waals surface area contributed by atoms with Gasteiger partial charge < -0.3 is 19.5 Å². The highest BCUT2D eigenvalue weighted by atomic mass is 16.5. The van der Waals surface area contributed by atoms with E-state index in [1.807, 2.05) is 43.4 Å². The number of rotatable bonds is 7. The van der Waals surface area contributed by atoms with E-state index >= 15 is 0 Å². The molecule has 0 spiro atoms. The molecule has 0 aliphatic heterocycles. The number of nitrogens with zero attached hydrogens (tertiary/aromatic N) is 1. The second-order valence-corrected chi connectivity index (χ2v) is 4.46. The van der Waals surface area contributed by atoms with Crippen molar-refractivity contribution in [2.24, 2.45) is 0 Å². The Morgan fingerprint density at radius 1 is 1.10 bits per heavy atom. The molecule has 2 rings (SSSR count). The van der Waals surface area contributed by atoms with Gasteiger partial charge in [0.1, 0.15) is 18.1 Å². The molecule has 0 unspecified atom stereocenters. The summed E-state index contributed by atoms with van der Waals surface area (Å²) in [4.78, 5) is 4.33. The highest BCUT2D eigenvalue weighted by Gasteiger charge is 2.07. The third-order valence-electron chi connectivity index (χ3n) is 3.01. The molecule has 21 heavy (non-hydrogen) atoms. The minimum absolute atomic E-state index is 0.376. The second-order valence-electron chi connectivity index (χ2n) is 4.46. The van der Waals surface area contributed by atoms with Crippen LogP contribution in [0.2, 0.25) is 0 Å². The maximum absolute atomic E-state index is 5.88. The van der Waals surface area contributed by atoms with Crippen LogP contribution in [0, 0.1) is 0 Å². The van der Waals surface area contributed by atoms with E-state index in [2.05, 4.69) is 10.3 Å². The zero-order valence-corrected chi connectivity index (χ0v) is 12.6. The number of methoxy groups -OCH3 is 2. The molecule has 0 radical (unpaired) electrons. The average Bonchev–Trinajstić information content (AvgIpc) is 2.54. The lowest BCUT2D eigenvalue weighted by atomic mass is 10.2. The normalized spacial score (nSPS) is 10.2. The lowest BCUT2D eigenvalue weighted by Crippen LogP contribution is -2.08. The van der Waals surface area contributed by atoms with Gasteiger partial charge in [0.15, 0.2) is 0 Å². The van der Waals surface area contributed by atoms with E-state index in [0.717, 1.165) is 29.3 Å². The van der Waals surface area contributed by atoms with E-state index < -0.39 is 0 Å². The fourth-order valence-corrected chi connectivity index (χ4v) is 1.94. The standard InChI is InChI=1S/C16H20N2O3/c1-17-10-12-7-8-14(19-2)9-15(12)21-11-13-5-4-6-16(18-13)20-3/h4-9,17H,10-11H2,1-3H3. The average molecular weight is 288 g/mol. The van der Waals surface area contributed by atoms with Crippen molar-refractivity contribution in [2.75, 3.05) is 21.3 Å². The van der Waals surface area contributed by atoms with Crippen LogP contribution in [0.5, 0.6) is 17.4 Å². The molecule has 0 saturated carbocycles. The Bertz CT molecular complexity index is 587. The molecule has 5 heteroatoms. The lowest BCUT2D eigenvalue weighted by molar-refractivity contribution is 0.292. The Labute approximate surface area is 124 Å². The van der Waals surface area contributed by atoms with Gasteiger partial charge in [0.2, 0.25) is 5.88 Å². The highest BCUT2D eigenvalue weighted by molar-refractivity contribution is 5.40. The largest absolute Gasteiger partial charge is 0.497 e. The van der Waals surface area contributed by atoms with Crippen LogP contribution < -0.4 is 19.5 Å². The SMILES string of the molecule is CNCc1ccc(OC)cc1OCc1cccc(OC)n1. The zero-order valence-electron chi connectivity index (χ0n) is 12.6. The minimum atomic E-state index is 0.376. The number of hydrogen-bond donors (Lipinski definition) is 1. The zero-order chi connectivity index (χ0) is 15.1. The summed E-state index contributed by atoms with van der Waals surface area (Å²) >= 11 is 0. The van der Waals surface area contributed by atoms with E-state index in [-0.39, 0.29) is 0 Å². The molecule has 1 N–H and O–H groups in total. The van der Waals surface area contributed by atoms with Crippen molar-refractivity contribution in [1.82, 2.24) is 10.3 Å². The third-order valence-corrected chi connectivity index (χ3v) is 3.01. The first kappa shape index (κ1) is 15.1. The summed E-state index contributed by atoms with van der Waals surface area (Å²) in [5.74, 6) is 2.13. The summed E-state index contributed by atoms with van der Waals surface area (Å²) in [5.41, 5.74) is 1.88. The van der Waals surface area contributed by atoms with Gasteiger partial charge in [-0.3, -0.25) is 0 Å². The fraction of sp³-hybridized carbons (Fsp3) is 0.312. The van der Waals surface area contributed by atoms with Crippen molar-refractivity contribution in [2.45, 2.75) is 13.2 Å². The Balaban J connectivity index is 2.13. The van der Waals surface area contributed by atoms with Crippen LogP contribution in [0.3, 0.4) is 0 Å². The number of hydrogen-bond acceptors (Lipinski definition) is 5. The molecule has 1 heterocycles. The maximum atomic E-state index is 5.88. The van der Waals surface area contributed by atoms with E-state index in [4.69, 9.17) is 14.2 Å². The van der Waals surface area contributed by atoms with Gasteiger partial charge in [-0.1, -0.05) is 12.1 Å². The first-order valence-electron chi connectivity index (χ1n) is 6.71. The quantitative estimate of drug-likeness (QED) is 0.848. The van der Waals surface area contributed by atoms with Crippen LogP contribution >= 0.6 is 0 Å². The molecule has 0 aliphatic carbocycles. The smallest absolute Gasteiger partial charge is 0.213 e. The van der Waals surface area contributed by atoms with Crippen LogP contribution in [-0.4, -0.2) is 26.3 Å². The molecule has 1 aromatic carbocycles. The topological polar surface area (TPSA) is 52.6 Å². The van der Waals surface area contributed by atoms with E-state index in [9.17, 15) is 0 Å². The molecule has 0 amide bonds. The van der Waals surface area contributed by atoms with Gasteiger partial charge in [-0.15, -0.1) is 0 Å². The number of nitrogens with one attached hydrogen (secondary N) is 1. The van der Waals surface area contributed by atoms with Gasteiger partial charge in [-0.25, -0.2) is 4.98 Å². The number of pyridine rings is 1. The first-order chi connectivity index (χ1) is 10.3. The minimum Gasteiger partial charge on any atom is -0.497 e. The van der Waals surface area contributed by atoms with Crippen molar-refractivity contribution in [3.63, 3.8) is 0 Å². The van der Waals surface area contributed by atoms with Gasteiger partial charge in [0.25, 0.3) is 0 Å². The Morgan fingerprint density at radius 3 is 2.67 bits per heavy atom. The molecule has 0 saturated heterocycles. The van der Waals surface area contributed by atoms with Gasteiger partial charge in [0.05, 0.1) is 19.9 Å². The third kappa shape index (κ3) is 4.10. The highest BCUT2D eigenvalue weighted by Crippen LogP contribution is 2.25. The van der Waals surface area contributed by atoms with Crippen LogP contribution in [0.4, 0.5) is 0 Å². The molecular formula is C16H20N2O3. The summed E-state index contributed by atoms with van der Waals surface area (Å²) in [6.45, 7) is 1.10. The monoisotopic (exact) mass is 288 g/mol. The van der Waals surface area contributed by atoms with Gasteiger partial charge >= 0.3 is 0 Å². The molecular weight excluding hydrogens is 268 g/mol. The summed E-state index contributed by atoms with van der Waals surface area (Å²) in [5, 5.41) is 3.12. The Hall–Kier alpha value is -2.27. The van der Waals surface area contributed by atoms with Crippen LogP contribution in [-0.2, 0) is 13.2 Å². The van der Waals surface area contributed by atoms with Crippen molar-refractivity contribution in [3.05, 3.63) is 47.7 Å². The Morgan fingerprint density at radius 2 is 1.95 bits per heavy atom. The van der Waals surface area contributed by atoms with Crippen LogP contribution in [0.1, 0.15) is 11.3 Å². The van der Waals surface area contributed by atoms with Gasteiger partial charge in [-0.05, 0) is 19.2 Å². The van der Waals surface area contributed by atoms with Crippen molar-refractivity contribution < 1.29 is 14.2 Å².